The van der Waals surface area contributed by atoms with Crippen LogP contribution in [0, 0.1) is 0 Å². The van der Waals surface area contributed by atoms with Gasteiger partial charge in [-0.15, -0.1) is 0 Å². The molecule has 9 heavy (non-hydrogen) atoms. The predicted molar refractivity (Wildman–Crippen MR) is 42.8 cm³/mol. The van der Waals surface area contributed by atoms with E-state index in [0.717, 1.165) is 11.3 Å². The maximum atomic E-state index is 10.8. The summed E-state index contributed by atoms with van der Waals surface area (Å²) < 4.78 is 0. The summed E-state index contributed by atoms with van der Waals surface area (Å²) in [5.41, 5.74) is 0.741. The number of hydrogen-bond acceptors (Lipinski definition) is 2. The van der Waals surface area contributed by atoms with E-state index in [9.17, 15) is 4.79 Å². The molecule has 0 aliphatic carbocycles. The molecule has 0 saturated carbocycles. The number of Topliss-reactive ketones (excluding diaryl/α,β-unsaturated/α-hetero) is 1. The van der Waals surface area contributed by atoms with Crippen LogP contribution in [-0.4, -0.2) is 17.8 Å². The summed E-state index contributed by atoms with van der Waals surface area (Å²) in [4.78, 5) is 10.8. The van der Waals surface area contributed by atoms with Crippen molar-refractivity contribution in [3.8, 4) is 0 Å². The van der Waals surface area contributed by atoms with Gasteiger partial charge in [-0.25, -0.2) is 0 Å². The maximum Gasteiger partial charge on any atom is 0.158 e. The van der Waals surface area contributed by atoms with Gasteiger partial charge >= 0.3 is 0 Å². The van der Waals surface area contributed by atoms with Crippen molar-refractivity contribution < 1.29 is 4.79 Å². The Morgan fingerprint density at radius 2 is 2.22 bits per heavy atom. The number of rotatable bonds is 4. The van der Waals surface area contributed by atoms with E-state index in [1.54, 1.807) is 11.8 Å². The van der Waals surface area contributed by atoms with E-state index < -0.39 is 0 Å². The van der Waals surface area contributed by atoms with E-state index in [0.29, 0.717) is 6.42 Å². The molecule has 0 heterocycles. The van der Waals surface area contributed by atoms with Crippen LogP contribution in [0.4, 0.5) is 0 Å². The molecule has 0 aliphatic rings. The van der Waals surface area contributed by atoms with Gasteiger partial charge in [0.05, 0.1) is 0 Å². The number of carbonyl (C=O) groups is 1. The zero-order valence-corrected chi connectivity index (χ0v) is 6.75. The lowest BCUT2D eigenvalue weighted by molar-refractivity contribution is -0.115. The molecule has 0 amide bonds. The fraction of sp³-hybridized carbons (Fsp3) is 0.571. The molecule has 0 fully saturated rings. The largest absolute Gasteiger partial charge is 0.295 e. The molecule has 0 aromatic rings. The molecule has 0 rings (SSSR count). The molecule has 0 unspecified atom stereocenters. The quantitative estimate of drug-likeness (QED) is 0.560. The number of thioether (sulfide) groups is 1. The summed E-state index contributed by atoms with van der Waals surface area (Å²) in [5.74, 6) is 0.955. The highest BCUT2D eigenvalue weighted by Crippen LogP contribution is 2.03. The number of hydrogen-bond donors (Lipinski definition) is 0. The molecule has 0 bridgehead atoms. The highest BCUT2D eigenvalue weighted by atomic mass is 32.2. The monoisotopic (exact) mass is 144 g/mol. The van der Waals surface area contributed by atoms with E-state index in [1.807, 2.05) is 13.2 Å². The summed E-state index contributed by atoms with van der Waals surface area (Å²) in [6, 6.07) is 0. The van der Waals surface area contributed by atoms with Gasteiger partial charge < -0.3 is 0 Å². The lowest BCUT2D eigenvalue weighted by Gasteiger charge is -1.97. The van der Waals surface area contributed by atoms with Gasteiger partial charge in [0.1, 0.15) is 0 Å². The molecule has 0 saturated heterocycles. The first-order valence-electron chi connectivity index (χ1n) is 2.92. The van der Waals surface area contributed by atoms with E-state index in [1.165, 1.54) is 0 Å². The van der Waals surface area contributed by atoms with Crippen LogP contribution in [0.25, 0.3) is 0 Å². The molecule has 1 nitrogen and oxygen atoms in total. The third-order valence-corrected chi connectivity index (χ3v) is 1.67. The van der Waals surface area contributed by atoms with E-state index >= 15 is 0 Å². The van der Waals surface area contributed by atoms with E-state index in [4.69, 9.17) is 0 Å². The Kier molecular flexibility index (Phi) is 4.50. The number of ketones is 1. The highest BCUT2D eigenvalue weighted by molar-refractivity contribution is 7.98. The van der Waals surface area contributed by atoms with Crippen molar-refractivity contribution in [2.24, 2.45) is 0 Å². The van der Waals surface area contributed by atoms with E-state index in [2.05, 4.69) is 6.58 Å². The minimum Gasteiger partial charge on any atom is -0.295 e. The second-order valence-electron chi connectivity index (χ2n) is 1.81. The van der Waals surface area contributed by atoms with Gasteiger partial charge in [0, 0.05) is 12.2 Å². The van der Waals surface area contributed by atoms with Crippen molar-refractivity contribution in [2.45, 2.75) is 13.3 Å². The summed E-state index contributed by atoms with van der Waals surface area (Å²) in [6.45, 7) is 5.50. The van der Waals surface area contributed by atoms with Gasteiger partial charge in [-0.3, -0.25) is 4.79 Å². The smallest absolute Gasteiger partial charge is 0.158 e. The molecule has 0 radical (unpaired) electrons. The predicted octanol–water partition coefficient (Wildman–Crippen LogP) is 1.88. The standard InChI is InChI=1S/C7H12OS/c1-4-7(8)6(2)5-9-3/h2,4-5H2,1,3H3. The van der Waals surface area contributed by atoms with Crippen molar-refractivity contribution in [1.82, 2.24) is 0 Å². The van der Waals surface area contributed by atoms with Crippen LogP contribution in [0.3, 0.4) is 0 Å². The molecular formula is C7H12OS. The molecular weight excluding hydrogens is 132 g/mol. The minimum absolute atomic E-state index is 0.185. The van der Waals surface area contributed by atoms with Crippen molar-refractivity contribution >= 4 is 17.5 Å². The first kappa shape index (κ1) is 8.76. The van der Waals surface area contributed by atoms with Gasteiger partial charge in [0.2, 0.25) is 0 Å². The van der Waals surface area contributed by atoms with Crippen LogP contribution in [0.1, 0.15) is 13.3 Å². The second-order valence-corrected chi connectivity index (χ2v) is 2.68. The van der Waals surface area contributed by atoms with Crippen molar-refractivity contribution in [3.05, 3.63) is 12.2 Å². The van der Waals surface area contributed by atoms with Gasteiger partial charge in [0.25, 0.3) is 0 Å². The van der Waals surface area contributed by atoms with Gasteiger partial charge in [0.15, 0.2) is 5.78 Å². The normalized spacial score (nSPS) is 9.11. The molecule has 0 spiro atoms. The summed E-state index contributed by atoms with van der Waals surface area (Å²) in [7, 11) is 0. The third kappa shape index (κ3) is 3.36. The highest BCUT2D eigenvalue weighted by Gasteiger charge is 2.01. The summed E-state index contributed by atoms with van der Waals surface area (Å²) >= 11 is 1.63. The molecule has 0 aromatic carbocycles. The fourth-order valence-corrected chi connectivity index (χ4v) is 1.01. The van der Waals surface area contributed by atoms with Crippen LogP contribution in [0.2, 0.25) is 0 Å². The van der Waals surface area contributed by atoms with Crippen molar-refractivity contribution in [2.75, 3.05) is 12.0 Å². The Bertz CT molecular complexity index is 118. The Hall–Kier alpha value is -0.240. The van der Waals surface area contributed by atoms with Crippen LogP contribution in [0.15, 0.2) is 12.2 Å². The molecule has 0 aromatic heterocycles. The fourth-order valence-electron chi connectivity index (χ4n) is 0.505. The first-order chi connectivity index (χ1) is 4.22. The molecule has 0 N–H and O–H groups in total. The topological polar surface area (TPSA) is 17.1 Å². The lowest BCUT2D eigenvalue weighted by atomic mass is 10.2. The van der Waals surface area contributed by atoms with Crippen LogP contribution in [-0.2, 0) is 4.79 Å². The molecule has 0 aliphatic heterocycles. The summed E-state index contributed by atoms with van der Waals surface area (Å²) in [6.07, 6.45) is 2.55. The average molecular weight is 144 g/mol. The van der Waals surface area contributed by atoms with Crippen molar-refractivity contribution in [1.29, 1.82) is 0 Å². The Morgan fingerprint density at radius 3 is 2.56 bits per heavy atom. The zero-order chi connectivity index (χ0) is 7.28. The van der Waals surface area contributed by atoms with E-state index in [-0.39, 0.29) is 5.78 Å². The molecule has 0 atom stereocenters. The Morgan fingerprint density at radius 1 is 1.67 bits per heavy atom. The molecule has 2 heteroatoms. The van der Waals surface area contributed by atoms with Gasteiger partial charge in [-0.1, -0.05) is 13.5 Å². The van der Waals surface area contributed by atoms with Crippen LogP contribution < -0.4 is 0 Å². The first-order valence-corrected chi connectivity index (χ1v) is 4.31. The minimum atomic E-state index is 0.185. The molecule has 52 valence electrons. The van der Waals surface area contributed by atoms with Gasteiger partial charge in [-0.05, 0) is 11.8 Å². The van der Waals surface area contributed by atoms with Crippen molar-refractivity contribution in [3.63, 3.8) is 0 Å². The summed E-state index contributed by atoms with van der Waals surface area (Å²) in [5, 5.41) is 0. The average Bonchev–Trinajstić information content (AvgIpc) is 1.87. The Labute approximate surface area is 60.5 Å². The third-order valence-electron chi connectivity index (χ3n) is 1.03. The van der Waals surface area contributed by atoms with Crippen LogP contribution >= 0.6 is 11.8 Å². The maximum absolute atomic E-state index is 10.8. The van der Waals surface area contributed by atoms with Crippen LogP contribution in [0.5, 0.6) is 0 Å². The SMILES string of the molecule is C=C(CSC)C(=O)CC. The Balaban J connectivity index is 3.60. The lowest BCUT2D eigenvalue weighted by Crippen LogP contribution is -2.00. The zero-order valence-electron chi connectivity index (χ0n) is 5.94. The van der Waals surface area contributed by atoms with Gasteiger partial charge in [-0.2, -0.15) is 11.8 Å². The number of carbonyl (C=O) groups excluding carboxylic acids is 1. The second kappa shape index (κ2) is 4.62.